The summed E-state index contributed by atoms with van der Waals surface area (Å²) in [6, 6.07) is 61.5. The second-order valence-electron chi connectivity index (χ2n) is 16.0. The van der Waals surface area contributed by atoms with Crippen molar-refractivity contribution in [2.24, 2.45) is 0 Å². The van der Waals surface area contributed by atoms with E-state index in [1.807, 2.05) is 42.1 Å². The van der Waals surface area contributed by atoms with Crippen LogP contribution in [0.2, 0.25) is 0 Å². The molecule has 0 unspecified atom stereocenters. The van der Waals surface area contributed by atoms with Gasteiger partial charge in [0.25, 0.3) is 0 Å². The number of hydrogen-bond donors (Lipinski definition) is 0. The third-order valence-electron chi connectivity index (χ3n) is 12.0. The molecule has 0 saturated heterocycles. The van der Waals surface area contributed by atoms with Gasteiger partial charge < -0.3 is 8.83 Å². The lowest BCUT2D eigenvalue weighted by Crippen LogP contribution is -2.23. The van der Waals surface area contributed by atoms with Crippen molar-refractivity contribution >= 4 is 55.6 Å². The summed E-state index contributed by atoms with van der Waals surface area (Å²) in [6.45, 7) is 4.66. The van der Waals surface area contributed by atoms with E-state index in [9.17, 15) is 0 Å². The van der Waals surface area contributed by atoms with Crippen LogP contribution in [0.4, 0.5) is 0 Å². The minimum absolute atomic E-state index is 0.101. The largest absolute Gasteiger partial charge is 0.456 e. The van der Waals surface area contributed by atoms with Gasteiger partial charge in [0, 0.05) is 53.4 Å². The lowest BCUT2D eigenvalue weighted by atomic mass is 9.77. The Morgan fingerprint density at radius 1 is 0.350 bits per heavy atom. The summed E-state index contributed by atoms with van der Waals surface area (Å²) in [6.07, 6.45) is 0. The van der Waals surface area contributed by atoms with Gasteiger partial charge in [-0.05, 0) is 94.0 Å². The van der Waals surface area contributed by atoms with E-state index >= 15 is 0 Å². The van der Waals surface area contributed by atoms with Crippen LogP contribution in [0.3, 0.4) is 0 Å². The maximum atomic E-state index is 6.54. The third-order valence-corrected chi connectivity index (χ3v) is 13.2. The SMILES string of the molecule is CC1(C)c2ccccc2Sc2ccc(-c3ccc4oc5cc(-c6nc(-c7ccc(-c8ccccc8)cc7)nc(-c7ccc8c(c7)oc7ccccc78)n6)ccc5c4c3)cc21. The normalized spacial score (nSPS) is 13.2. The molecule has 0 spiro atoms. The molecule has 12 rings (SSSR count). The molecular formula is C54H35N3O2S. The van der Waals surface area contributed by atoms with Crippen molar-refractivity contribution in [2.45, 2.75) is 29.1 Å². The van der Waals surface area contributed by atoms with Gasteiger partial charge in [-0.15, -0.1) is 0 Å². The Morgan fingerprint density at radius 2 is 0.850 bits per heavy atom. The highest BCUT2D eigenvalue weighted by Crippen LogP contribution is 2.50. The van der Waals surface area contributed by atoms with Crippen molar-refractivity contribution < 1.29 is 8.83 Å². The van der Waals surface area contributed by atoms with Gasteiger partial charge in [0.2, 0.25) is 0 Å². The van der Waals surface area contributed by atoms with Crippen LogP contribution in [0.25, 0.3) is 100 Å². The highest BCUT2D eigenvalue weighted by molar-refractivity contribution is 7.99. The van der Waals surface area contributed by atoms with Gasteiger partial charge in [-0.3, -0.25) is 0 Å². The standard InChI is InChI=1S/C54H35N3O2S/c1-54(2)43-13-7-9-15-49(43)60-50-27-23-36(29-44(50)54)35-22-26-46-42(28-35)41-25-21-38(31-48(41)59-46)53-56-51(34-18-16-33(17-19-34)32-10-4-3-5-11-32)55-52(57-53)37-20-24-40-39-12-6-8-14-45(39)58-47(40)30-37/h3-31H,1-2H3. The summed E-state index contributed by atoms with van der Waals surface area (Å²) in [5.41, 5.74) is 13.1. The Hall–Kier alpha value is -7.28. The number of fused-ring (bicyclic) bond motifs is 8. The van der Waals surface area contributed by atoms with Crippen LogP contribution >= 0.6 is 11.8 Å². The summed E-state index contributed by atoms with van der Waals surface area (Å²) < 4.78 is 12.8. The monoisotopic (exact) mass is 789 g/mol. The molecule has 4 heterocycles. The molecule has 284 valence electrons. The molecule has 0 N–H and O–H groups in total. The van der Waals surface area contributed by atoms with E-state index in [4.69, 9.17) is 23.8 Å². The first-order valence-electron chi connectivity index (χ1n) is 20.2. The smallest absolute Gasteiger partial charge is 0.164 e. The van der Waals surface area contributed by atoms with Crippen LogP contribution < -0.4 is 0 Å². The van der Waals surface area contributed by atoms with E-state index in [-0.39, 0.29) is 5.41 Å². The first kappa shape index (κ1) is 34.7. The fourth-order valence-electron chi connectivity index (χ4n) is 8.79. The minimum Gasteiger partial charge on any atom is -0.456 e. The fraction of sp³-hybridized carbons (Fsp3) is 0.0556. The number of furan rings is 2. The van der Waals surface area contributed by atoms with Crippen LogP contribution in [-0.4, -0.2) is 15.0 Å². The van der Waals surface area contributed by atoms with Crippen molar-refractivity contribution in [3.8, 4) is 56.4 Å². The number of para-hydroxylation sites is 1. The van der Waals surface area contributed by atoms with Gasteiger partial charge in [0.15, 0.2) is 17.5 Å². The Balaban J connectivity index is 0.947. The molecule has 0 aliphatic carbocycles. The molecule has 0 bridgehead atoms. The maximum Gasteiger partial charge on any atom is 0.164 e. The molecule has 0 atom stereocenters. The summed E-state index contributed by atoms with van der Waals surface area (Å²) in [5.74, 6) is 1.71. The van der Waals surface area contributed by atoms with Crippen molar-refractivity contribution in [3.63, 3.8) is 0 Å². The van der Waals surface area contributed by atoms with Gasteiger partial charge in [0.05, 0.1) is 0 Å². The van der Waals surface area contributed by atoms with Crippen LogP contribution in [0.1, 0.15) is 25.0 Å². The fourth-order valence-corrected chi connectivity index (χ4v) is 10.2. The van der Waals surface area contributed by atoms with Crippen molar-refractivity contribution in [1.29, 1.82) is 0 Å². The van der Waals surface area contributed by atoms with Crippen molar-refractivity contribution in [3.05, 3.63) is 187 Å². The molecule has 60 heavy (non-hydrogen) atoms. The van der Waals surface area contributed by atoms with Gasteiger partial charge in [-0.2, -0.15) is 0 Å². The molecule has 0 saturated carbocycles. The molecule has 8 aromatic carbocycles. The van der Waals surface area contributed by atoms with Crippen molar-refractivity contribution in [2.75, 3.05) is 0 Å². The summed E-state index contributed by atoms with van der Waals surface area (Å²) in [5, 5.41) is 4.25. The molecule has 1 aliphatic rings. The summed E-state index contributed by atoms with van der Waals surface area (Å²) in [7, 11) is 0. The Morgan fingerprint density at radius 3 is 1.60 bits per heavy atom. The van der Waals surface area contributed by atoms with E-state index in [0.717, 1.165) is 77.3 Å². The van der Waals surface area contributed by atoms with Crippen LogP contribution in [0.15, 0.2) is 195 Å². The zero-order valence-electron chi connectivity index (χ0n) is 32.8. The molecule has 6 heteroatoms. The second-order valence-corrected chi connectivity index (χ2v) is 17.1. The summed E-state index contributed by atoms with van der Waals surface area (Å²) >= 11 is 1.86. The van der Waals surface area contributed by atoms with E-state index < -0.39 is 0 Å². The maximum absolute atomic E-state index is 6.54. The molecule has 5 nitrogen and oxygen atoms in total. The average molecular weight is 790 g/mol. The molecule has 1 aliphatic heterocycles. The predicted molar refractivity (Wildman–Crippen MR) is 244 cm³/mol. The lowest BCUT2D eigenvalue weighted by molar-refractivity contribution is 0.607. The van der Waals surface area contributed by atoms with E-state index in [1.165, 1.54) is 26.5 Å². The Bertz CT molecular complexity index is 3490. The Labute approximate surface area is 350 Å². The topological polar surface area (TPSA) is 65.0 Å². The van der Waals surface area contributed by atoms with Crippen LogP contribution in [0.5, 0.6) is 0 Å². The third kappa shape index (κ3) is 5.67. The Kier molecular flexibility index (Phi) is 7.75. The number of benzene rings is 8. The van der Waals surface area contributed by atoms with E-state index in [1.54, 1.807) is 0 Å². The molecule has 0 fully saturated rings. The second kappa shape index (κ2) is 13.4. The molecule has 0 amide bonds. The summed E-state index contributed by atoms with van der Waals surface area (Å²) in [4.78, 5) is 17.9. The average Bonchev–Trinajstić information content (AvgIpc) is 3.86. The zero-order valence-corrected chi connectivity index (χ0v) is 33.6. The van der Waals surface area contributed by atoms with Gasteiger partial charge >= 0.3 is 0 Å². The highest BCUT2D eigenvalue weighted by atomic mass is 32.2. The number of nitrogens with zero attached hydrogens (tertiary/aromatic N) is 3. The lowest BCUT2D eigenvalue weighted by Gasteiger charge is -2.34. The minimum atomic E-state index is -0.101. The van der Waals surface area contributed by atoms with Gasteiger partial charge in [0.1, 0.15) is 22.3 Å². The highest BCUT2D eigenvalue weighted by Gasteiger charge is 2.33. The van der Waals surface area contributed by atoms with E-state index in [0.29, 0.717) is 17.5 Å². The van der Waals surface area contributed by atoms with Crippen molar-refractivity contribution in [1.82, 2.24) is 15.0 Å². The van der Waals surface area contributed by atoms with E-state index in [2.05, 4.69) is 159 Å². The number of hydrogen-bond acceptors (Lipinski definition) is 6. The predicted octanol–water partition coefficient (Wildman–Crippen LogP) is 14.8. The first-order chi connectivity index (χ1) is 29.4. The van der Waals surface area contributed by atoms with Gasteiger partial charge in [-0.25, -0.2) is 15.0 Å². The number of aromatic nitrogens is 3. The van der Waals surface area contributed by atoms with Crippen LogP contribution in [0, 0.1) is 0 Å². The molecular weight excluding hydrogens is 755 g/mol. The number of rotatable bonds is 5. The first-order valence-corrected chi connectivity index (χ1v) is 21.0. The molecule has 0 radical (unpaired) electrons. The quantitative estimate of drug-likeness (QED) is 0.173. The van der Waals surface area contributed by atoms with Crippen LogP contribution in [-0.2, 0) is 5.41 Å². The molecule has 11 aromatic rings. The van der Waals surface area contributed by atoms with Gasteiger partial charge in [-0.1, -0.05) is 141 Å². The molecule has 3 aromatic heterocycles. The zero-order chi connectivity index (χ0) is 40.0.